The number of aryl methyl sites for hydroxylation is 2. The molecule has 1 saturated carbocycles. The zero-order valence-corrected chi connectivity index (χ0v) is 20.0. The van der Waals surface area contributed by atoms with Crippen LogP contribution in [0, 0.1) is 0 Å². The van der Waals surface area contributed by atoms with E-state index in [0.29, 0.717) is 37.0 Å². The first kappa shape index (κ1) is 21.9. The van der Waals surface area contributed by atoms with E-state index < -0.39 is 10.0 Å². The number of sulfonamides is 1. The van der Waals surface area contributed by atoms with Gasteiger partial charge in [-0.2, -0.15) is 4.31 Å². The Labute approximate surface area is 193 Å². The molecule has 1 aromatic carbocycles. The van der Waals surface area contributed by atoms with Crippen molar-refractivity contribution in [2.24, 2.45) is 7.05 Å². The van der Waals surface area contributed by atoms with Crippen molar-refractivity contribution in [2.75, 3.05) is 31.9 Å². The second-order valence-electron chi connectivity index (χ2n) is 8.89. The molecule has 3 aliphatic rings. The standard InChI is InChI=1S/C22H29N5O3S2/c1-25-21(17-6-7-17)23-24-22(25)31-15-20(28)26-10-12-27(13-11-26)32(29,30)19-9-8-16-4-2-3-5-18(16)14-19/h8-9,14,17H,2-7,10-13,15H2,1H3. The van der Waals surface area contributed by atoms with E-state index in [2.05, 4.69) is 10.2 Å². The van der Waals surface area contributed by atoms with Crippen molar-refractivity contribution in [1.29, 1.82) is 0 Å². The van der Waals surface area contributed by atoms with Crippen LogP contribution in [0.2, 0.25) is 0 Å². The van der Waals surface area contributed by atoms with Gasteiger partial charge in [0.25, 0.3) is 0 Å². The van der Waals surface area contributed by atoms with Crippen LogP contribution in [-0.4, -0.2) is 70.2 Å². The van der Waals surface area contributed by atoms with E-state index >= 15 is 0 Å². The maximum atomic E-state index is 13.2. The quantitative estimate of drug-likeness (QED) is 0.595. The van der Waals surface area contributed by atoms with Gasteiger partial charge in [-0.1, -0.05) is 17.8 Å². The summed E-state index contributed by atoms with van der Waals surface area (Å²) >= 11 is 1.40. The van der Waals surface area contributed by atoms with Gasteiger partial charge in [0, 0.05) is 39.1 Å². The molecule has 2 aliphatic carbocycles. The number of carbonyl (C=O) groups is 1. The number of thioether (sulfide) groups is 1. The smallest absolute Gasteiger partial charge is 0.243 e. The van der Waals surface area contributed by atoms with Gasteiger partial charge < -0.3 is 9.47 Å². The Morgan fingerprint density at radius 3 is 2.50 bits per heavy atom. The molecule has 2 heterocycles. The molecule has 2 fully saturated rings. The van der Waals surface area contributed by atoms with Gasteiger partial charge in [0.05, 0.1) is 10.6 Å². The molecular formula is C22H29N5O3S2. The van der Waals surface area contributed by atoms with Crippen LogP contribution in [0.25, 0.3) is 0 Å². The van der Waals surface area contributed by atoms with E-state index in [1.165, 1.54) is 28.1 Å². The molecule has 0 unspecified atom stereocenters. The maximum absolute atomic E-state index is 13.2. The van der Waals surface area contributed by atoms with Crippen molar-refractivity contribution < 1.29 is 13.2 Å². The molecule has 1 saturated heterocycles. The lowest BCUT2D eigenvalue weighted by atomic mass is 9.92. The molecule has 172 valence electrons. The van der Waals surface area contributed by atoms with Crippen molar-refractivity contribution in [3.05, 3.63) is 35.2 Å². The SMILES string of the molecule is Cn1c(SCC(=O)N2CCN(S(=O)(=O)c3ccc4c(c3)CCCC4)CC2)nnc1C1CC1. The van der Waals surface area contributed by atoms with E-state index in [0.717, 1.165) is 48.6 Å². The molecule has 1 amide bonds. The maximum Gasteiger partial charge on any atom is 0.243 e. The van der Waals surface area contributed by atoms with Crippen LogP contribution in [0.15, 0.2) is 28.3 Å². The molecule has 2 aromatic rings. The summed E-state index contributed by atoms with van der Waals surface area (Å²) in [5.74, 6) is 1.81. The minimum absolute atomic E-state index is 0.0109. The summed E-state index contributed by atoms with van der Waals surface area (Å²) in [5, 5.41) is 9.23. The van der Waals surface area contributed by atoms with E-state index in [-0.39, 0.29) is 11.7 Å². The Kier molecular flexibility index (Phi) is 6.02. The first-order valence-electron chi connectivity index (χ1n) is 11.4. The van der Waals surface area contributed by atoms with Crippen molar-refractivity contribution in [2.45, 2.75) is 54.5 Å². The van der Waals surface area contributed by atoms with Gasteiger partial charge in [-0.15, -0.1) is 10.2 Å². The highest BCUT2D eigenvalue weighted by Crippen LogP contribution is 2.39. The predicted molar refractivity (Wildman–Crippen MR) is 122 cm³/mol. The number of hydrogen-bond acceptors (Lipinski definition) is 6. The number of carbonyl (C=O) groups excluding carboxylic acids is 1. The highest BCUT2D eigenvalue weighted by molar-refractivity contribution is 7.99. The topological polar surface area (TPSA) is 88.4 Å². The highest BCUT2D eigenvalue weighted by atomic mass is 32.2. The molecule has 0 N–H and O–H groups in total. The molecule has 8 nitrogen and oxygen atoms in total. The molecule has 5 rings (SSSR count). The Morgan fingerprint density at radius 2 is 1.78 bits per heavy atom. The van der Waals surface area contributed by atoms with Crippen molar-refractivity contribution in [3.63, 3.8) is 0 Å². The fraction of sp³-hybridized carbons (Fsp3) is 0.591. The Balaban J connectivity index is 1.17. The lowest BCUT2D eigenvalue weighted by Gasteiger charge is -2.34. The average Bonchev–Trinajstić information content (AvgIpc) is 3.59. The lowest BCUT2D eigenvalue weighted by molar-refractivity contribution is -0.129. The van der Waals surface area contributed by atoms with Gasteiger partial charge in [-0.3, -0.25) is 4.79 Å². The number of benzene rings is 1. The predicted octanol–water partition coefficient (Wildman–Crippen LogP) is 2.20. The summed E-state index contributed by atoms with van der Waals surface area (Å²) in [4.78, 5) is 14.8. The van der Waals surface area contributed by atoms with Crippen LogP contribution in [-0.2, 0) is 34.7 Å². The largest absolute Gasteiger partial charge is 0.339 e. The van der Waals surface area contributed by atoms with Crippen LogP contribution in [0.1, 0.15) is 48.6 Å². The molecule has 32 heavy (non-hydrogen) atoms. The molecular weight excluding hydrogens is 446 g/mol. The zero-order chi connectivity index (χ0) is 22.3. The lowest BCUT2D eigenvalue weighted by Crippen LogP contribution is -2.51. The third kappa shape index (κ3) is 4.32. The Bertz CT molecular complexity index is 1120. The van der Waals surface area contributed by atoms with Gasteiger partial charge in [0.2, 0.25) is 15.9 Å². The number of piperazine rings is 1. The third-order valence-corrected chi connectivity index (χ3v) is 9.58. The van der Waals surface area contributed by atoms with Gasteiger partial charge in [0.1, 0.15) is 5.82 Å². The van der Waals surface area contributed by atoms with E-state index in [4.69, 9.17) is 0 Å². The molecule has 0 bridgehead atoms. The summed E-state index contributed by atoms with van der Waals surface area (Å²) in [5.41, 5.74) is 2.44. The number of aromatic nitrogens is 3. The van der Waals surface area contributed by atoms with Crippen LogP contribution < -0.4 is 0 Å². The number of rotatable bonds is 6. The highest BCUT2D eigenvalue weighted by Gasteiger charge is 2.32. The third-order valence-electron chi connectivity index (χ3n) is 6.68. The number of nitrogens with zero attached hydrogens (tertiary/aromatic N) is 5. The first-order valence-corrected chi connectivity index (χ1v) is 13.8. The first-order chi connectivity index (χ1) is 15.4. The fourth-order valence-corrected chi connectivity index (χ4v) is 6.86. The van der Waals surface area contributed by atoms with Gasteiger partial charge in [-0.05, 0) is 61.8 Å². The summed E-state index contributed by atoms with van der Waals surface area (Å²) in [6.07, 6.45) is 6.59. The van der Waals surface area contributed by atoms with E-state index in [9.17, 15) is 13.2 Å². The van der Waals surface area contributed by atoms with Gasteiger partial charge in [-0.25, -0.2) is 8.42 Å². The van der Waals surface area contributed by atoms with Crippen LogP contribution in [0.5, 0.6) is 0 Å². The molecule has 0 atom stereocenters. The monoisotopic (exact) mass is 475 g/mol. The Hall–Kier alpha value is -1.91. The number of amides is 1. The van der Waals surface area contributed by atoms with Gasteiger partial charge in [0.15, 0.2) is 5.16 Å². The summed E-state index contributed by atoms with van der Waals surface area (Å²) < 4.78 is 29.8. The second kappa shape index (κ2) is 8.79. The average molecular weight is 476 g/mol. The van der Waals surface area contributed by atoms with Crippen LogP contribution in [0.4, 0.5) is 0 Å². The van der Waals surface area contributed by atoms with E-state index in [1.807, 2.05) is 23.7 Å². The summed E-state index contributed by atoms with van der Waals surface area (Å²) in [6.45, 7) is 1.47. The molecule has 10 heteroatoms. The molecule has 0 radical (unpaired) electrons. The minimum Gasteiger partial charge on any atom is -0.339 e. The fourth-order valence-electron chi connectivity index (χ4n) is 4.56. The second-order valence-corrected chi connectivity index (χ2v) is 11.8. The van der Waals surface area contributed by atoms with Crippen molar-refractivity contribution in [3.8, 4) is 0 Å². The van der Waals surface area contributed by atoms with Crippen molar-refractivity contribution in [1.82, 2.24) is 24.0 Å². The molecule has 0 spiro atoms. The van der Waals surface area contributed by atoms with Gasteiger partial charge >= 0.3 is 0 Å². The zero-order valence-electron chi connectivity index (χ0n) is 18.4. The minimum atomic E-state index is -3.54. The normalized spacial score (nSPS) is 19.7. The summed E-state index contributed by atoms with van der Waals surface area (Å²) in [7, 11) is -1.59. The summed E-state index contributed by atoms with van der Waals surface area (Å²) in [6, 6.07) is 5.57. The molecule has 1 aliphatic heterocycles. The number of hydrogen-bond donors (Lipinski definition) is 0. The van der Waals surface area contributed by atoms with Crippen LogP contribution >= 0.6 is 11.8 Å². The van der Waals surface area contributed by atoms with Crippen molar-refractivity contribution >= 4 is 27.7 Å². The van der Waals surface area contributed by atoms with Crippen LogP contribution in [0.3, 0.4) is 0 Å². The molecule has 1 aromatic heterocycles. The van der Waals surface area contributed by atoms with E-state index in [1.54, 1.807) is 11.0 Å². The number of fused-ring (bicyclic) bond motifs is 1. The Morgan fingerprint density at radius 1 is 1.06 bits per heavy atom.